The van der Waals surface area contributed by atoms with E-state index in [1.165, 1.54) is 0 Å². The summed E-state index contributed by atoms with van der Waals surface area (Å²) in [4.78, 5) is 11.2. The fraction of sp³-hybridized carbons (Fsp3) is 0.500. The monoisotopic (exact) mass is 250 g/mol. The summed E-state index contributed by atoms with van der Waals surface area (Å²) in [6, 6.07) is 5.67. The van der Waals surface area contributed by atoms with E-state index in [0.717, 1.165) is 24.8 Å². The zero-order chi connectivity index (χ0) is 13.1. The van der Waals surface area contributed by atoms with E-state index in [4.69, 9.17) is 9.47 Å². The minimum absolute atomic E-state index is 0.0855. The number of rotatable bonds is 4. The summed E-state index contributed by atoms with van der Waals surface area (Å²) < 4.78 is 10.4. The molecule has 0 heterocycles. The van der Waals surface area contributed by atoms with E-state index in [0.29, 0.717) is 11.5 Å². The van der Waals surface area contributed by atoms with Crippen LogP contribution in [0.25, 0.3) is 0 Å². The van der Waals surface area contributed by atoms with Crippen LogP contribution in [-0.4, -0.2) is 25.3 Å². The van der Waals surface area contributed by atoms with Crippen molar-refractivity contribution in [2.24, 2.45) is 5.92 Å². The Kier molecular flexibility index (Phi) is 3.75. The van der Waals surface area contributed by atoms with Gasteiger partial charge in [-0.25, -0.2) is 0 Å². The zero-order valence-corrected chi connectivity index (χ0v) is 10.7. The summed E-state index contributed by atoms with van der Waals surface area (Å²) in [5, 5.41) is 9.22. The van der Waals surface area contributed by atoms with Crippen molar-refractivity contribution in [2.75, 3.05) is 14.2 Å². The highest BCUT2D eigenvalue weighted by Gasteiger charge is 2.34. The van der Waals surface area contributed by atoms with Crippen molar-refractivity contribution in [2.45, 2.75) is 25.2 Å². The molecule has 0 aliphatic heterocycles. The number of ether oxygens (including phenoxy) is 2. The molecule has 0 radical (unpaired) electrons. The van der Waals surface area contributed by atoms with Crippen molar-refractivity contribution in [3.63, 3.8) is 0 Å². The molecular weight excluding hydrogens is 232 g/mol. The van der Waals surface area contributed by atoms with Crippen LogP contribution in [0.4, 0.5) is 0 Å². The third kappa shape index (κ3) is 2.28. The van der Waals surface area contributed by atoms with E-state index < -0.39 is 5.97 Å². The molecule has 1 saturated carbocycles. The molecule has 4 nitrogen and oxygen atoms in total. The quantitative estimate of drug-likeness (QED) is 0.892. The van der Waals surface area contributed by atoms with Gasteiger partial charge >= 0.3 is 5.97 Å². The predicted molar refractivity (Wildman–Crippen MR) is 67.3 cm³/mol. The Balaban J connectivity index is 2.30. The second-order valence-electron chi connectivity index (χ2n) is 4.60. The maximum absolute atomic E-state index is 11.2. The summed E-state index contributed by atoms with van der Waals surface area (Å²) in [7, 11) is 3.18. The van der Waals surface area contributed by atoms with E-state index in [1.54, 1.807) is 14.2 Å². The Hall–Kier alpha value is -1.71. The van der Waals surface area contributed by atoms with Crippen LogP contribution in [-0.2, 0) is 4.79 Å². The first-order valence-corrected chi connectivity index (χ1v) is 6.12. The maximum Gasteiger partial charge on any atom is 0.307 e. The summed E-state index contributed by atoms with van der Waals surface area (Å²) in [5.74, 6) is 0.440. The molecule has 2 atom stereocenters. The summed E-state index contributed by atoms with van der Waals surface area (Å²) >= 11 is 0. The van der Waals surface area contributed by atoms with Gasteiger partial charge in [0, 0.05) is 0 Å². The average molecular weight is 250 g/mol. The predicted octanol–water partition coefficient (Wildman–Crippen LogP) is 2.67. The molecule has 1 aromatic rings. The minimum atomic E-state index is -0.702. The molecule has 1 aliphatic carbocycles. The number of methoxy groups -OCH3 is 2. The fourth-order valence-electron chi connectivity index (χ4n) is 2.74. The Morgan fingerprint density at radius 2 is 1.94 bits per heavy atom. The molecule has 2 rings (SSSR count). The summed E-state index contributed by atoms with van der Waals surface area (Å²) in [5.41, 5.74) is 1.03. The van der Waals surface area contributed by atoms with Gasteiger partial charge in [0.25, 0.3) is 0 Å². The van der Waals surface area contributed by atoms with Crippen molar-refractivity contribution < 1.29 is 19.4 Å². The van der Waals surface area contributed by atoms with Crippen LogP contribution in [0, 0.1) is 5.92 Å². The number of carbonyl (C=O) groups is 1. The number of aliphatic carboxylic acids is 1. The third-order valence-corrected chi connectivity index (χ3v) is 3.67. The summed E-state index contributed by atoms with van der Waals surface area (Å²) in [6.45, 7) is 0. The van der Waals surface area contributed by atoms with Crippen molar-refractivity contribution in [1.82, 2.24) is 0 Å². The van der Waals surface area contributed by atoms with Gasteiger partial charge < -0.3 is 14.6 Å². The Morgan fingerprint density at radius 1 is 1.22 bits per heavy atom. The van der Waals surface area contributed by atoms with E-state index in [2.05, 4.69) is 0 Å². The van der Waals surface area contributed by atoms with Gasteiger partial charge in [-0.1, -0.05) is 12.5 Å². The Labute approximate surface area is 107 Å². The lowest BCUT2D eigenvalue weighted by molar-refractivity contribution is -0.142. The highest BCUT2D eigenvalue weighted by atomic mass is 16.5. The molecular formula is C14H18O4. The first-order valence-electron chi connectivity index (χ1n) is 6.12. The van der Waals surface area contributed by atoms with E-state index in [-0.39, 0.29) is 11.8 Å². The van der Waals surface area contributed by atoms with Gasteiger partial charge in [0.15, 0.2) is 11.5 Å². The standard InChI is InChI=1S/C14H18O4/c1-17-12-7-6-9(8-13(12)18-2)10-4-3-5-11(10)14(15)16/h6-8,10-11H,3-5H2,1-2H3,(H,15,16). The number of carboxylic acid groups (broad SMARTS) is 1. The van der Waals surface area contributed by atoms with Gasteiger partial charge in [-0.2, -0.15) is 0 Å². The minimum Gasteiger partial charge on any atom is -0.493 e. The normalized spacial score (nSPS) is 22.8. The smallest absolute Gasteiger partial charge is 0.307 e. The number of carboxylic acids is 1. The molecule has 0 saturated heterocycles. The van der Waals surface area contributed by atoms with Crippen molar-refractivity contribution in [3.8, 4) is 11.5 Å². The fourth-order valence-corrected chi connectivity index (χ4v) is 2.74. The first kappa shape index (κ1) is 12.7. The van der Waals surface area contributed by atoms with Gasteiger partial charge in [-0.05, 0) is 36.5 Å². The lowest BCUT2D eigenvalue weighted by Crippen LogP contribution is -2.16. The van der Waals surface area contributed by atoms with E-state index >= 15 is 0 Å². The lowest BCUT2D eigenvalue weighted by Gasteiger charge is -2.18. The van der Waals surface area contributed by atoms with Crippen LogP contribution in [0.5, 0.6) is 11.5 Å². The molecule has 98 valence electrons. The van der Waals surface area contributed by atoms with Gasteiger partial charge in [-0.15, -0.1) is 0 Å². The zero-order valence-electron chi connectivity index (χ0n) is 10.7. The second kappa shape index (κ2) is 5.29. The molecule has 2 unspecified atom stereocenters. The highest BCUT2D eigenvalue weighted by Crippen LogP contribution is 2.42. The molecule has 1 aromatic carbocycles. The van der Waals surface area contributed by atoms with Crippen LogP contribution in [0.2, 0.25) is 0 Å². The van der Waals surface area contributed by atoms with Crippen molar-refractivity contribution in [1.29, 1.82) is 0 Å². The van der Waals surface area contributed by atoms with Crippen molar-refractivity contribution >= 4 is 5.97 Å². The first-order chi connectivity index (χ1) is 8.67. The maximum atomic E-state index is 11.2. The molecule has 0 aromatic heterocycles. The van der Waals surface area contributed by atoms with Crippen LogP contribution < -0.4 is 9.47 Å². The van der Waals surface area contributed by atoms with Crippen molar-refractivity contribution in [3.05, 3.63) is 23.8 Å². The van der Waals surface area contributed by atoms with E-state index in [9.17, 15) is 9.90 Å². The third-order valence-electron chi connectivity index (χ3n) is 3.67. The molecule has 0 amide bonds. The largest absolute Gasteiger partial charge is 0.493 e. The molecule has 1 aliphatic rings. The average Bonchev–Trinajstić information content (AvgIpc) is 2.87. The number of hydrogen-bond acceptors (Lipinski definition) is 3. The second-order valence-corrected chi connectivity index (χ2v) is 4.60. The molecule has 4 heteroatoms. The molecule has 0 bridgehead atoms. The van der Waals surface area contributed by atoms with Crippen LogP contribution in [0.3, 0.4) is 0 Å². The molecule has 18 heavy (non-hydrogen) atoms. The topological polar surface area (TPSA) is 55.8 Å². The van der Waals surface area contributed by atoms with Crippen LogP contribution in [0.1, 0.15) is 30.7 Å². The SMILES string of the molecule is COc1ccc(C2CCCC2C(=O)O)cc1OC. The van der Waals surface area contributed by atoms with Gasteiger partial charge in [0.2, 0.25) is 0 Å². The molecule has 1 N–H and O–H groups in total. The van der Waals surface area contributed by atoms with Gasteiger partial charge in [-0.3, -0.25) is 4.79 Å². The van der Waals surface area contributed by atoms with Gasteiger partial charge in [0.1, 0.15) is 0 Å². The van der Waals surface area contributed by atoms with Crippen LogP contribution >= 0.6 is 0 Å². The number of benzene rings is 1. The van der Waals surface area contributed by atoms with Gasteiger partial charge in [0.05, 0.1) is 20.1 Å². The highest BCUT2D eigenvalue weighted by molar-refractivity contribution is 5.72. The van der Waals surface area contributed by atoms with E-state index in [1.807, 2.05) is 18.2 Å². The summed E-state index contributed by atoms with van der Waals surface area (Å²) in [6.07, 6.45) is 2.65. The van der Waals surface area contributed by atoms with Crippen LogP contribution in [0.15, 0.2) is 18.2 Å². The molecule has 0 spiro atoms. The Morgan fingerprint density at radius 3 is 2.56 bits per heavy atom. The molecule has 1 fully saturated rings. The Bertz CT molecular complexity index is 441. The lowest BCUT2D eigenvalue weighted by atomic mass is 9.89. The number of hydrogen-bond donors (Lipinski definition) is 1.